The number of aliphatic hydroxyl groups is 2. The minimum absolute atomic E-state index is 0.143. The molecular weight excluding hydrogens is 457 g/mol. The van der Waals surface area contributed by atoms with Gasteiger partial charge in [0.05, 0.1) is 24.7 Å². The average molecular weight is 481 g/mol. The molecular formula is C20H24N3O9P. The Labute approximate surface area is 187 Å². The summed E-state index contributed by atoms with van der Waals surface area (Å²) in [5, 5.41) is 23.8. The molecule has 2 aromatic rings. The van der Waals surface area contributed by atoms with Crippen LogP contribution in [-0.4, -0.2) is 57.0 Å². The van der Waals surface area contributed by atoms with E-state index in [0.29, 0.717) is 0 Å². The van der Waals surface area contributed by atoms with Crippen molar-refractivity contribution in [1.82, 2.24) is 14.6 Å². The molecule has 5 rings (SSSR count). The summed E-state index contributed by atoms with van der Waals surface area (Å²) in [5.41, 5.74) is -1.40. The maximum absolute atomic E-state index is 13.1. The number of fused-ring (bicyclic) bond motifs is 1. The molecule has 13 heteroatoms. The largest absolute Gasteiger partial charge is 0.406 e. The van der Waals surface area contributed by atoms with Crippen LogP contribution in [0, 0.1) is 5.41 Å². The highest BCUT2D eigenvalue weighted by molar-refractivity contribution is 7.51. The normalized spacial score (nSPS) is 36.6. The number of hydrogen-bond donors (Lipinski definition) is 4. The number of ether oxygens (including phenoxy) is 2. The molecule has 1 spiro atoms. The van der Waals surface area contributed by atoms with Crippen LogP contribution in [-0.2, 0) is 29.7 Å². The molecule has 0 radical (unpaired) electrons. The van der Waals surface area contributed by atoms with Crippen molar-refractivity contribution in [2.45, 2.75) is 50.4 Å². The summed E-state index contributed by atoms with van der Waals surface area (Å²) in [6.45, 7) is 1.60. The van der Waals surface area contributed by atoms with Gasteiger partial charge >= 0.3 is 13.4 Å². The molecule has 1 aromatic carbocycles. The molecule has 33 heavy (non-hydrogen) atoms. The van der Waals surface area contributed by atoms with Gasteiger partial charge in [-0.1, -0.05) is 30.3 Å². The second-order valence-electron chi connectivity index (χ2n) is 8.42. The van der Waals surface area contributed by atoms with Gasteiger partial charge in [0.15, 0.2) is 12.5 Å². The van der Waals surface area contributed by atoms with Gasteiger partial charge in [-0.05, 0) is 12.5 Å². The Morgan fingerprint density at radius 2 is 2.06 bits per heavy atom. The number of nitrogens with one attached hydrogen (secondary N) is 2. The van der Waals surface area contributed by atoms with Gasteiger partial charge < -0.3 is 19.7 Å². The van der Waals surface area contributed by atoms with E-state index in [-0.39, 0.29) is 13.2 Å². The molecule has 8 atom stereocenters. The van der Waals surface area contributed by atoms with Crippen LogP contribution in [0.2, 0.25) is 0 Å². The summed E-state index contributed by atoms with van der Waals surface area (Å²) in [6.07, 6.45) is -3.65. The highest BCUT2D eigenvalue weighted by Gasteiger charge is 2.81. The molecule has 1 aromatic heterocycles. The first-order valence-corrected chi connectivity index (χ1v) is 12.0. The monoisotopic (exact) mass is 481 g/mol. The third-order valence-electron chi connectivity index (χ3n) is 6.25. The number of H-pyrrole nitrogens is 1. The summed E-state index contributed by atoms with van der Waals surface area (Å²) in [6, 6.07) is 9.64. The smallest absolute Gasteiger partial charge is 0.388 e. The molecule has 2 aliphatic heterocycles. The van der Waals surface area contributed by atoms with Crippen LogP contribution in [0.1, 0.15) is 18.7 Å². The highest BCUT2D eigenvalue weighted by atomic mass is 31.2. The number of aromatic amines is 1. The van der Waals surface area contributed by atoms with E-state index in [1.165, 1.54) is 6.20 Å². The molecule has 178 valence electrons. The molecule has 3 heterocycles. The number of aromatic nitrogens is 2. The van der Waals surface area contributed by atoms with Crippen molar-refractivity contribution >= 4 is 7.75 Å². The third kappa shape index (κ3) is 3.92. The topological polar surface area (TPSA) is 161 Å². The van der Waals surface area contributed by atoms with Gasteiger partial charge in [0.2, 0.25) is 0 Å². The average Bonchev–Trinajstić information content (AvgIpc) is 3.31. The van der Waals surface area contributed by atoms with E-state index in [4.69, 9.17) is 18.5 Å². The van der Waals surface area contributed by atoms with Crippen molar-refractivity contribution < 1.29 is 33.3 Å². The zero-order chi connectivity index (χ0) is 23.4. The first-order valence-electron chi connectivity index (χ1n) is 10.4. The lowest BCUT2D eigenvalue weighted by Gasteiger charge is -2.34. The predicted molar refractivity (Wildman–Crippen MR) is 112 cm³/mol. The Balaban J connectivity index is 1.20. The molecule has 3 fully saturated rings. The van der Waals surface area contributed by atoms with Crippen LogP contribution in [0.25, 0.3) is 0 Å². The van der Waals surface area contributed by atoms with E-state index in [1.54, 1.807) is 6.92 Å². The molecule has 1 aliphatic carbocycles. The van der Waals surface area contributed by atoms with Crippen molar-refractivity contribution in [2.24, 2.45) is 5.41 Å². The van der Waals surface area contributed by atoms with Crippen molar-refractivity contribution in [2.75, 3.05) is 6.61 Å². The standard InChI is InChI=1S/C20H24N3O9P/c1-11(18(26)29-9-12-5-3-2-4-6-12)22-33(28)30-10-20-14(25)17(31-15(20)16(20)32-33)23-8-7-13(24)21-19(23)27/h2-8,11,14-18,25-26H,9-10H2,1H3,(H,22,28)(H,21,24,27)/t11?,14-,15+,16?,17+,18?,20+,33?/m0/s1. The van der Waals surface area contributed by atoms with E-state index in [2.05, 4.69) is 10.1 Å². The summed E-state index contributed by atoms with van der Waals surface area (Å²) < 4.78 is 36.5. The highest BCUT2D eigenvalue weighted by Crippen LogP contribution is 2.70. The molecule has 1 saturated carbocycles. The fourth-order valence-electron chi connectivity index (χ4n) is 4.32. The minimum atomic E-state index is -3.82. The zero-order valence-corrected chi connectivity index (χ0v) is 18.5. The van der Waals surface area contributed by atoms with E-state index >= 15 is 0 Å². The summed E-state index contributed by atoms with van der Waals surface area (Å²) in [7, 11) is -3.82. The van der Waals surface area contributed by atoms with Gasteiger partial charge in [-0.3, -0.25) is 23.4 Å². The molecule has 4 unspecified atom stereocenters. The first-order chi connectivity index (χ1) is 15.7. The summed E-state index contributed by atoms with van der Waals surface area (Å²) >= 11 is 0. The van der Waals surface area contributed by atoms with Gasteiger partial charge in [-0.15, -0.1) is 0 Å². The van der Waals surface area contributed by atoms with Crippen molar-refractivity contribution in [1.29, 1.82) is 0 Å². The van der Waals surface area contributed by atoms with Crippen LogP contribution in [0.3, 0.4) is 0 Å². The van der Waals surface area contributed by atoms with Gasteiger partial charge in [-0.25, -0.2) is 14.4 Å². The second kappa shape index (κ2) is 8.26. The number of rotatable bonds is 7. The van der Waals surface area contributed by atoms with E-state index in [0.717, 1.165) is 16.2 Å². The van der Waals surface area contributed by atoms with E-state index in [9.17, 15) is 24.4 Å². The Bertz CT molecular complexity index is 1190. The van der Waals surface area contributed by atoms with Crippen molar-refractivity contribution in [3.63, 3.8) is 0 Å². The third-order valence-corrected chi connectivity index (χ3v) is 7.94. The van der Waals surface area contributed by atoms with Crippen LogP contribution in [0.15, 0.2) is 52.2 Å². The SMILES string of the molecule is CC(NP1(=O)OC[C@]23C(O1)[C@H]2O[C@@H](n1ccc(=O)[nH]c1=O)[C@@H]3O)C(O)OCc1ccccc1. The molecule has 4 N–H and O–H groups in total. The van der Waals surface area contributed by atoms with Crippen molar-refractivity contribution in [3.8, 4) is 0 Å². The molecule has 12 nitrogen and oxygen atoms in total. The number of nitrogens with zero attached hydrogens (tertiary/aromatic N) is 1. The summed E-state index contributed by atoms with van der Waals surface area (Å²) in [4.78, 5) is 25.4. The first kappa shape index (κ1) is 22.6. The lowest BCUT2D eigenvalue weighted by atomic mass is 9.99. The van der Waals surface area contributed by atoms with Gasteiger partial charge in [-0.2, -0.15) is 0 Å². The van der Waals surface area contributed by atoms with E-state index < -0.39 is 61.3 Å². The lowest BCUT2D eigenvalue weighted by molar-refractivity contribution is -0.124. The number of aliphatic hydroxyl groups excluding tert-OH is 2. The Hall–Kier alpha value is -2.15. The minimum Gasteiger partial charge on any atom is -0.388 e. The molecule has 2 saturated heterocycles. The number of benzene rings is 1. The van der Waals surface area contributed by atoms with Gasteiger partial charge in [0, 0.05) is 12.3 Å². The van der Waals surface area contributed by atoms with E-state index in [1.807, 2.05) is 30.3 Å². The Morgan fingerprint density at radius 3 is 2.79 bits per heavy atom. The fraction of sp³-hybridized carbons (Fsp3) is 0.500. The molecule has 3 aliphatic rings. The Morgan fingerprint density at radius 1 is 1.30 bits per heavy atom. The molecule has 0 amide bonds. The zero-order valence-electron chi connectivity index (χ0n) is 17.6. The maximum Gasteiger partial charge on any atom is 0.406 e. The van der Waals surface area contributed by atoms with Gasteiger partial charge in [0.25, 0.3) is 5.56 Å². The van der Waals surface area contributed by atoms with Crippen LogP contribution in [0.4, 0.5) is 0 Å². The van der Waals surface area contributed by atoms with Crippen LogP contribution in [0.5, 0.6) is 0 Å². The summed E-state index contributed by atoms with van der Waals surface area (Å²) in [5.74, 6) is 0. The lowest BCUT2D eigenvalue weighted by Crippen LogP contribution is -2.44. The fourth-order valence-corrected chi connectivity index (χ4v) is 6.14. The Kier molecular flexibility index (Phi) is 5.66. The van der Waals surface area contributed by atoms with Crippen LogP contribution >= 0.6 is 7.75 Å². The van der Waals surface area contributed by atoms with Crippen molar-refractivity contribution in [3.05, 3.63) is 69.0 Å². The maximum atomic E-state index is 13.1. The quantitative estimate of drug-likeness (QED) is 0.309. The van der Waals surface area contributed by atoms with Crippen LogP contribution < -0.4 is 16.3 Å². The second-order valence-corrected chi connectivity index (χ2v) is 10.1. The number of hydrogen-bond acceptors (Lipinski definition) is 9. The molecule has 0 bridgehead atoms. The predicted octanol–water partition coefficient (Wildman–Crippen LogP) is -0.168. The van der Waals surface area contributed by atoms with Gasteiger partial charge in [0.1, 0.15) is 18.3 Å².